The summed E-state index contributed by atoms with van der Waals surface area (Å²) in [5, 5.41) is 10.8. The molecule has 1 aromatic carbocycles. The third-order valence-electron chi connectivity index (χ3n) is 2.73. The average molecular weight is 222 g/mol. The summed E-state index contributed by atoms with van der Waals surface area (Å²) in [6, 6.07) is 5.14. The molecule has 88 valence electrons. The maximum absolute atomic E-state index is 10.8. The molecule has 0 heterocycles. The minimum absolute atomic E-state index is 0.0979. The molecule has 0 radical (unpaired) electrons. The number of nitro benzene ring substituents is 1. The van der Waals surface area contributed by atoms with Crippen LogP contribution < -0.4 is 5.73 Å². The minimum atomic E-state index is -0.356. The molecule has 16 heavy (non-hydrogen) atoms. The zero-order valence-electron chi connectivity index (χ0n) is 9.77. The molecule has 1 atom stereocenters. The van der Waals surface area contributed by atoms with E-state index in [1.54, 1.807) is 19.1 Å². The molecule has 0 spiro atoms. The van der Waals surface area contributed by atoms with Gasteiger partial charge in [0.1, 0.15) is 0 Å². The van der Waals surface area contributed by atoms with Gasteiger partial charge in [0.25, 0.3) is 5.69 Å². The Labute approximate surface area is 95.6 Å². The molecule has 0 unspecified atom stereocenters. The van der Waals surface area contributed by atoms with Crippen molar-refractivity contribution >= 4 is 5.69 Å². The van der Waals surface area contributed by atoms with Crippen molar-refractivity contribution in [2.75, 3.05) is 0 Å². The molecule has 1 rings (SSSR count). The molecule has 0 aliphatic rings. The van der Waals surface area contributed by atoms with Gasteiger partial charge in [0.15, 0.2) is 0 Å². The molecular weight excluding hydrogens is 204 g/mol. The smallest absolute Gasteiger partial charge is 0.272 e. The monoisotopic (exact) mass is 222 g/mol. The summed E-state index contributed by atoms with van der Waals surface area (Å²) in [5.74, 6) is 0. The van der Waals surface area contributed by atoms with Crippen molar-refractivity contribution in [2.45, 2.75) is 39.2 Å². The van der Waals surface area contributed by atoms with E-state index in [0.717, 1.165) is 24.8 Å². The summed E-state index contributed by atoms with van der Waals surface area (Å²) in [7, 11) is 0. The number of rotatable bonds is 5. The lowest BCUT2D eigenvalue weighted by Crippen LogP contribution is -2.10. The Kier molecular flexibility index (Phi) is 4.43. The van der Waals surface area contributed by atoms with Gasteiger partial charge < -0.3 is 5.73 Å². The number of hydrogen-bond acceptors (Lipinski definition) is 3. The summed E-state index contributed by atoms with van der Waals surface area (Å²) in [6.45, 7) is 3.84. The lowest BCUT2D eigenvalue weighted by atomic mass is 10.00. The van der Waals surface area contributed by atoms with Crippen molar-refractivity contribution in [3.63, 3.8) is 0 Å². The molecule has 0 saturated heterocycles. The second-order valence-electron chi connectivity index (χ2n) is 4.05. The highest BCUT2D eigenvalue weighted by Gasteiger charge is 2.14. The number of aryl methyl sites for hydroxylation is 1. The van der Waals surface area contributed by atoms with E-state index >= 15 is 0 Å². The Morgan fingerprint density at radius 1 is 1.50 bits per heavy atom. The number of benzene rings is 1. The van der Waals surface area contributed by atoms with Gasteiger partial charge >= 0.3 is 0 Å². The first-order chi connectivity index (χ1) is 7.56. The van der Waals surface area contributed by atoms with Gasteiger partial charge in [-0.05, 0) is 18.9 Å². The van der Waals surface area contributed by atoms with E-state index in [9.17, 15) is 10.1 Å². The average Bonchev–Trinajstić information content (AvgIpc) is 2.26. The molecule has 0 bridgehead atoms. The molecule has 1 aromatic rings. The van der Waals surface area contributed by atoms with Crippen molar-refractivity contribution in [3.05, 3.63) is 39.4 Å². The van der Waals surface area contributed by atoms with Crippen LogP contribution in [0, 0.1) is 17.0 Å². The van der Waals surface area contributed by atoms with Gasteiger partial charge in [-0.1, -0.05) is 31.9 Å². The van der Waals surface area contributed by atoms with Crippen LogP contribution in [0.3, 0.4) is 0 Å². The van der Waals surface area contributed by atoms with Gasteiger partial charge in [-0.3, -0.25) is 10.1 Å². The van der Waals surface area contributed by atoms with Crippen molar-refractivity contribution in [1.29, 1.82) is 0 Å². The minimum Gasteiger partial charge on any atom is -0.324 e. The SMILES string of the molecule is CCCC[C@@H](N)c1ccc(C)c([N+](=O)[O-])c1. The van der Waals surface area contributed by atoms with Crippen LogP contribution >= 0.6 is 0 Å². The first kappa shape index (κ1) is 12.6. The third kappa shape index (κ3) is 3.03. The fourth-order valence-corrected chi connectivity index (χ4v) is 1.64. The molecule has 0 amide bonds. The first-order valence-corrected chi connectivity index (χ1v) is 5.56. The molecule has 0 aliphatic carbocycles. The van der Waals surface area contributed by atoms with Crippen molar-refractivity contribution in [1.82, 2.24) is 0 Å². The van der Waals surface area contributed by atoms with E-state index < -0.39 is 0 Å². The largest absolute Gasteiger partial charge is 0.324 e. The Morgan fingerprint density at radius 3 is 2.75 bits per heavy atom. The third-order valence-corrected chi connectivity index (χ3v) is 2.73. The van der Waals surface area contributed by atoms with Gasteiger partial charge in [0.05, 0.1) is 4.92 Å². The van der Waals surface area contributed by atoms with Crippen LogP contribution in [-0.2, 0) is 0 Å². The first-order valence-electron chi connectivity index (χ1n) is 5.56. The van der Waals surface area contributed by atoms with Crippen molar-refractivity contribution < 1.29 is 4.92 Å². The van der Waals surface area contributed by atoms with Crippen molar-refractivity contribution in [3.8, 4) is 0 Å². The van der Waals surface area contributed by atoms with Crippen LogP contribution in [0.1, 0.15) is 43.4 Å². The molecule has 0 saturated carbocycles. The van der Waals surface area contributed by atoms with Crippen LogP contribution in [0.2, 0.25) is 0 Å². The number of unbranched alkanes of at least 4 members (excludes halogenated alkanes) is 1. The molecule has 0 aromatic heterocycles. The van der Waals surface area contributed by atoms with E-state index in [1.807, 2.05) is 6.07 Å². The van der Waals surface area contributed by atoms with Crippen LogP contribution in [0.15, 0.2) is 18.2 Å². The maximum atomic E-state index is 10.8. The number of nitrogens with zero attached hydrogens (tertiary/aromatic N) is 1. The van der Waals surface area contributed by atoms with E-state index in [4.69, 9.17) is 5.73 Å². The number of nitro groups is 1. The Balaban J connectivity index is 2.89. The van der Waals surface area contributed by atoms with Gasteiger partial charge in [0.2, 0.25) is 0 Å². The Bertz CT molecular complexity index is 377. The highest BCUT2D eigenvalue weighted by molar-refractivity contribution is 5.43. The van der Waals surface area contributed by atoms with Crippen LogP contribution in [0.4, 0.5) is 5.69 Å². The van der Waals surface area contributed by atoms with Gasteiger partial charge in [0, 0.05) is 17.7 Å². The predicted molar refractivity (Wildman–Crippen MR) is 64.3 cm³/mol. The van der Waals surface area contributed by atoms with E-state index in [0.29, 0.717) is 5.56 Å². The molecular formula is C12H18N2O2. The zero-order chi connectivity index (χ0) is 12.1. The van der Waals surface area contributed by atoms with E-state index in [1.165, 1.54) is 0 Å². The molecule has 4 nitrogen and oxygen atoms in total. The predicted octanol–water partition coefficient (Wildman–Crippen LogP) is 3.09. The second kappa shape index (κ2) is 5.61. The Morgan fingerprint density at radius 2 is 2.19 bits per heavy atom. The van der Waals surface area contributed by atoms with E-state index in [2.05, 4.69) is 6.92 Å². The molecule has 4 heteroatoms. The normalized spacial score (nSPS) is 12.4. The van der Waals surface area contributed by atoms with Gasteiger partial charge in [-0.15, -0.1) is 0 Å². The second-order valence-corrected chi connectivity index (χ2v) is 4.05. The van der Waals surface area contributed by atoms with Crippen LogP contribution in [0.25, 0.3) is 0 Å². The fraction of sp³-hybridized carbons (Fsp3) is 0.500. The lowest BCUT2D eigenvalue weighted by Gasteiger charge is -2.11. The van der Waals surface area contributed by atoms with Crippen LogP contribution in [0.5, 0.6) is 0 Å². The summed E-state index contributed by atoms with van der Waals surface area (Å²) in [4.78, 5) is 10.4. The summed E-state index contributed by atoms with van der Waals surface area (Å²) in [5.41, 5.74) is 7.66. The fourth-order valence-electron chi connectivity index (χ4n) is 1.64. The number of nitrogens with two attached hydrogens (primary N) is 1. The van der Waals surface area contributed by atoms with Crippen LogP contribution in [-0.4, -0.2) is 4.92 Å². The Hall–Kier alpha value is -1.42. The standard InChI is InChI=1S/C12H18N2O2/c1-3-4-5-11(13)10-7-6-9(2)12(8-10)14(15)16/h6-8,11H,3-5,13H2,1-2H3/t11-/m1/s1. The topological polar surface area (TPSA) is 69.2 Å². The molecule has 2 N–H and O–H groups in total. The van der Waals surface area contributed by atoms with E-state index in [-0.39, 0.29) is 16.7 Å². The maximum Gasteiger partial charge on any atom is 0.272 e. The summed E-state index contributed by atoms with van der Waals surface area (Å²) >= 11 is 0. The summed E-state index contributed by atoms with van der Waals surface area (Å²) < 4.78 is 0. The highest BCUT2D eigenvalue weighted by atomic mass is 16.6. The van der Waals surface area contributed by atoms with Gasteiger partial charge in [-0.25, -0.2) is 0 Å². The van der Waals surface area contributed by atoms with Gasteiger partial charge in [-0.2, -0.15) is 0 Å². The number of hydrogen-bond donors (Lipinski definition) is 1. The van der Waals surface area contributed by atoms with Crippen molar-refractivity contribution in [2.24, 2.45) is 5.73 Å². The summed E-state index contributed by atoms with van der Waals surface area (Å²) in [6.07, 6.45) is 3.00. The lowest BCUT2D eigenvalue weighted by molar-refractivity contribution is -0.385. The molecule has 0 fully saturated rings. The highest BCUT2D eigenvalue weighted by Crippen LogP contribution is 2.24. The zero-order valence-corrected chi connectivity index (χ0v) is 9.77. The molecule has 0 aliphatic heterocycles. The quantitative estimate of drug-likeness (QED) is 0.614.